The van der Waals surface area contributed by atoms with Crippen molar-refractivity contribution in [1.29, 1.82) is 0 Å². The lowest BCUT2D eigenvalue weighted by Crippen LogP contribution is -2.51. The van der Waals surface area contributed by atoms with Gasteiger partial charge in [-0.3, -0.25) is 4.90 Å². The molecule has 2 aromatic carbocycles. The molecule has 1 fully saturated rings. The zero-order valence-electron chi connectivity index (χ0n) is 16.6. The first-order valence-corrected chi connectivity index (χ1v) is 10.7. The summed E-state index contributed by atoms with van der Waals surface area (Å²) in [5, 5.41) is 12.1. The Bertz CT molecular complexity index is 896. The summed E-state index contributed by atoms with van der Waals surface area (Å²) in [7, 11) is 0. The average Bonchev–Trinajstić information content (AvgIpc) is 2.83. The van der Waals surface area contributed by atoms with Crippen LogP contribution in [0.1, 0.15) is 66.5 Å². The van der Waals surface area contributed by atoms with Crippen molar-refractivity contribution in [2.24, 2.45) is 5.92 Å². The van der Waals surface area contributed by atoms with Crippen molar-refractivity contribution in [2.75, 3.05) is 13.1 Å². The highest BCUT2D eigenvalue weighted by molar-refractivity contribution is 6.31. The third kappa shape index (κ3) is 3.01. The topological polar surface area (TPSA) is 23.5 Å². The summed E-state index contributed by atoms with van der Waals surface area (Å²) in [6.07, 6.45) is 3.76. The van der Waals surface area contributed by atoms with Crippen LogP contribution in [0, 0.1) is 5.92 Å². The molecule has 5 rings (SSSR count). The van der Waals surface area contributed by atoms with Gasteiger partial charge < -0.3 is 5.11 Å². The fourth-order valence-corrected chi connectivity index (χ4v) is 5.92. The van der Waals surface area contributed by atoms with Gasteiger partial charge in [0.05, 0.1) is 5.60 Å². The van der Waals surface area contributed by atoms with Crippen LogP contribution < -0.4 is 0 Å². The van der Waals surface area contributed by atoms with E-state index in [-0.39, 0.29) is 18.3 Å². The van der Waals surface area contributed by atoms with E-state index in [1.54, 1.807) is 0 Å². The minimum absolute atomic E-state index is 0. The van der Waals surface area contributed by atoms with Gasteiger partial charge in [0, 0.05) is 30.1 Å². The Morgan fingerprint density at radius 2 is 1.89 bits per heavy atom. The van der Waals surface area contributed by atoms with Crippen molar-refractivity contribution >= 4 is 24.0 Å². The predicted octanol–water partition coefficient (Wildman–Crippen LogP) is 5.53. The molecule has 150 valence electrons. The summed E-state index contributed by atoms with van der Waals surface area (Å²) in [4.78, 5) is 2.61. The molecule has 2 heterocycles. The molecule has 0 unspecified atom stereocenters. The molecule has 0 bridgehead atoms. The van der Waals surface area contributed by atoms with Gasteiger partial charge in [0.1, 0.15) is 0 Å². The lowest BCUT2D eigenvalue weighted by atomic mass is 9.71. The first-order valence-electron chi connectivity index (χ1n) is 10.3. The number of nitrogens with zero attached hydrogens (tertiary/aromatic N) is 1. The molecular weight excluding hydrogens is 389 g/mol. The Labute approximate surface area is 179 Å². The molecule has 0 spiro atoms. The number of rotatable bonds is 1. The molecule has 28 heavy (non-hydrogen) atoms. The van der Waals surface area contributed by atoms with Crippen LogP contribution in [0.15, 0.2) is 36.4 Å². The van der Waals surface area contributed by atoms with E-state index in [4.69, 9.17) is 11.6 Å². The summed E-state index contributed by atoms with van der Waals surface area (Å²) >= 11 is 6.69. The van der Waals surface area contributed by atoms with E-state index < -0.39 is 5.60 Å². The third-order valence-corrected chi connectivity index (χ3v) is 7.78. The number of hydrogen-bond donors (Lipinski definition) is 1. The lowest BCUT2D eigenvalue weighted by Gasteiger charge is -2.50. The van der Waals surface area contributed by atoms with Gasteiger partial charge in [0.25, 0.3) is 0 Å². The molecule has 0 saturated carbocycles. The standard InChI is InChI=1S/C24H28ClNO.ClH/c1-15(2)24(27)11-12-26-14-20-17-6-4-3-5-16(17)7-8-18-21(25)10-9-19(23(18)20)22(26)13-24;/h3-6,9-10,15,20,22,27H,7-8,11-14H2,1-2H3;1H/t20-,22-,24-;/m1./s1. The Hall–Kier alpha value is -1.06. The summed E-state index contributed by atoms with van der Waals surface area (Å²) in [5.74, 6) is 0.679. The average molecular weight is 418 g/mol. The fraction of sp³-hybridized carbons (Fsp3) is 0.500. The smallest absolute Gasteiger partial charge is 0.0700 e. The highest BCUT2D eigenvalue weighted by atomic mass is 35.5. The van der Waals surface area contributed by atoms with Crippen LogP contribution in [0.3, 0.4) is 0 Å². The lowest BCUT2D eigenvalue weighted by molar-refractivity contribution is -0.0822. The van der Waals surface area contributed by atoms with E-state index >= 15 is 0 Å². The largest absolute Gasteiger partial charge is 0.390 e. The number of fused-ring (bicyclic) bond motifs is 4. The number of halogens is 2. The minimum atomic E-state index is -0.566. The Balaban J connectivity index is 0.00000192. The molecule has 0 aromatic heterocycles. The maximum atomic E-state index is 11.2. The van der Waals surface area contributed by atoms with Crippen LogP contribution in [-0.4, -0.2) is 28.7 Å². The summed E-state index contributed by atoms with van der Waals surface area (Å²) < 4.78 is 0. The zero-order chi connectivity index (χ0) is 18.8. The van der Waals surface area contributed by atoms with Crippen LogP contribution in [0.25, 0.3) is 0 Å². The Morgan fingerprint density at radius 3 is 2.68 bits per heavy atom. The third-order valence-electron chi connectivity index (χ3n) is 7.43. The molecule has 2 aliphatic heterocycles. The van der Waals surface area contributed by atoms with Gasteiger partial charge in [-0.25, -0.2) is 0 Å². The number of aliphatic hydroxyl groups is 1. The Morgan fingerprint density at radius 1 is 1.11 bits per heavy atom. The van der Waals surface area contributed by atoms with E-state index in [0.717, 1.165) is 43.8 Å². The normalized spacial score (nSPS) is 28.6. The molecule has 0 amide bonds. The quantitative estimate of drug-likeness (QED) is 0.658. The molecule has 2 nitrogen and oxygen atoms in total. The summed E-state index contributed by atoms with van der Waals surface area (Å²) in [5.41, 5.74) is 6.58. The van der Waals surface area contributed by atoms with Crippen LogP contribution in [0.2, 0.25) is 5.02 Å². The summed E-state index contributed by atoms with van der Waals surface area (Å²) in [6.45, 7) is 6.31. The van der Waals surface area contributed by atoms with E-state index in [2.05, 4.69) is 55.1 Å². The van der Waals surface area contributed by atoms with E-state index in [9.17, 15) is 5.11 Å². The van der Waals surface area contributed by atoms with Crippen LogP contribution in [0.4, 0.5) is 0 Å². The zero-order valence-corrected chi connectivity index (χ0v) is 18.2. The first-order chi connectivity index (χ1) is 13.0. The number of aryl methyl sites for hydroxylation is 1. The molecule has 1 saturated heterocycles. The van der Waals surface area contributed by atoms with Crippen molar-refractivity contribution in [3.05, 3.63) is 69.2 Å². The van der Waals surface area contributed by atoms with Gasteiger partial charge in [0.2, 0.25) is 0 Å². The van der Waals surface area contributed by atoms with Gasteiger partial charge in [-0.15, -0.1) is 12.4 Å². The molecular formula is C24H29Cl2NO. The van der Waals surface area contributed by atoms with Crippen LogP contribution >= 0.6 is 24.0 Å². The highest BCUT2D eigenvalue weighted by Gasteiger charge is 2.46. The van der Waals surface area contributed by atoms with Gasteiger partial charge in [-0.2, -0.15) is 0 Å². The second-order valence-corrected chi connectivity index (χ2v) is 9.41. The van der Waals surface area contributed by atoms with Crippen molar-refractivity contribution in [2.45, 2.75) is 57.1 Å². The van der Waals surface area contributed by atoms with E-state index in [1.807, 2.05) is 0 Å². The predicted molar refractivity (Wildman–Crippen MR) is 118 cm³/mol. The molecule has 2 aromatic rings. The SMILES string of the molecule is CC(C)[C@@]1(O)CCN2C[C@@H]3c4ccccc4CCc4c(Cl)ccc(c43)[C@H]2C1.Cl. The van der Waals surface area contributed by atoms with Crippen LogP contribution in [0.5, 0.6) is 0 Å². The van der Waals surface area contributed by atoms with Gasteiger partial charge in [0.15, 0.2) is 0 Å². The van der Waals surface area contributed by atoms with Crippen molar-refractivity contribution in [3.63, 3.8) is 0 Å². The van der Waals surface area contributed by atoms with Gasteiger partial charge in [-0.05, 0) is 65.5 Å². The maximum absolute atomic E-state index is 11.2. The monoisotopic (exact) mass is 417 g/mol. The minimum Gasteiger partial charge on any atom is -0.390 e. The van der Waals surface area contributed by atoms with Crippen molar-refractivity contribution in [3.8, 4) is 0 Å². The molecule has 4 heteroatoms. The Kier molecular flexibility index (Phi) is 5.29. The van der Waals surface area contributed by atoms with Gasteiger partial charge >= 0.3 is 0 Å². The second-order valence-electron chi connectivity index (χ2n) is 9.00. The second kappa shape index (κ2) is 7.32. The van der Waals surface area contributed by atoms with E-state index in [0.29, 0.717) is 12.0 Å². The fourth-order valence-electron chi connectivity index (χ4n) is 5.66. The number of piperidine rings is 1. The number of benzene rings is 2. The maximum Gasteiger partial charge on any atom is 0.0700 e. The molecule has 3 aliphatic rings. The molecule has 0 radical (unpaired) electrons. The highest BCUT2D eigenvalue weighted by Crippen LogP contribution is 2.50. The molecule has 3 atom stereocenters. The number of hydrogen-bond acceptors (Lipinski definition) is 2. The van der Waals surface area contributed by atoms with Gasteiger partial charge in [-0.1, -0.05) is 55.8 Å². The van der Waals surface area contributed by atoms with Crippen molar-refractivity contribution in [1.82, 2.24) is 4.90 Å². The van der Waals surface area contributed by atoms with E-state index in [1.165, 1.54) is 27.8 Å². The first kappa shape index (κ1) is 20.2. The molecule has 1 N–H and O–H groups in total. The van der Waals surface area contributed by atoms with Crippen molar-refractivity contribution < 1.29 is 5.11 Å². The van der Waals surface area contributed by atoms with Crippen LogP contribution in [-0.2, 0) is 12.8 Å². The molecule has 1 aliphatic carbocycles. The summed E-state index contributed by atoms with van der Waals surface area (Å²) in [6, 6.07) is 13.6.